The van der Waals surface area contributed by atoms with Crippen LogP contribution in [0.4, 0.5) is 0 Å². The number of nitrogens with one attached hydrogen (secondary N) is 1. The van der Waals surface area contributed by atoms with E-state index < -0.39 is 5.60 Å². The Labute approximate surface area is 185 Å². The van der Waals surface area contributed by atoms with Gasteiger partial charge in [0.25, 0.3) is 0 Å². The molecule has 5 heteroatoms. The number of aryl methyl sites for hydroxylation is 2. The van der Waals surface area contributed by atoms with E-state index in [4.69, 9.17) is 5.10 Å². The number of rotatable bonds is 7. The Bertz CT molecular complexity index is 983. The minimum Gasteiger partial charge on any atom is -0.388 e. The maximum absolute atomic E-state index is 10.9. The molecule has 2 aromatic carbocycles. The molecule has 0 saturated carbocycles. The van der Waals surface area contributed by atoms with Crippen molar-refractivity contribution < 1.29 is 5.11 Å². The van der Waals surface area contributed by atoms with E-state index >= 15 is 0 Å². The topological polar surface area (TPSA) is 53.3 Å². The minimum atomic E-state index is -0.617. The van der Waals surface area contributed by atoms with Gasteiger partial charge >= 0.3 is 0 Å². The van der Waals surface area contributed by atoms with Gasteiger partial charge in [-0.15, -0.1) is 0 Å². The average molecular weight is 419 g/mol. The fourth-order valence-electron chi connectivity index (χ4n) is 4.15. The van der Waals surface area contributed by atoms with Crippen molar-refractivity contribution in [3.63, 3.8) is 0 Å². The van der Waals surface area contributed by atoms with E-state index in [2.05, 4.69) is 85.8 Å². The third-order valence-electron chi connectivity index (χ3n) is 6.31. The predicted molar refractivity (Wildman–Crippen MR) is 126 cm³/mol. The summed E-state index contributed by atoms with van der Waals surface area (Å²) in [6.07, 6.45) is 3.77. The van der Waals surface area contributed by atoms with Gasteiger partial charge < -0.3 is 15.3 Å². The van der Waals surface area contributed by atoms with E-state index in [1.807, 2.05) is 4.68 Å². The second-order valence-corrected chi connectivity index (χ2v) is 9.18. The van der Waals surface area contributed by atoms with Crippen molar-refractivity contribution in [1.82, 2.24) is 20.0 Å². The lowest BCUT2D eigenvalue weighted by Gasteiger charge is -2.36. The molecule has 0 atom stereocenters. The molecule has 3 aromatic rings. The molecular weight excluding hydrogens is 384 g/mol. The first kappa shape index (κ1) is 21.8. The lowest BCUT2D eigenvalue weighted by molar-refractivity contribution is -0.0145. The van der Waals surface area contributed by atoms with E-state index in [1.165, 1.54) is 16.7 Å². The number of nitrogens with zero attached hydrogens (tertiary/aromatic N) is 3. The zero-order valence-corrected chi connectivity index (χ0v) is 18.9. The molecule has 1 aliphatic rings. The molecule has 5 nitrogen and oxygen atoms in total. The number of benzene rings is 2. The van der Waals surface area contributed by atoms with Crippen LogP contribution in [0.2, 0.25) is 0 Å². The number of aromatic nitrogens is 2. The van der Waals surface area contributed by atoms with Gasteiger partial charge in [0.2, 0.25) is 0 Å². The Hall–Kier alpha value is -2.47. The second-order valence-electron chi connectivity index (χ2n) is 9.18. The Kier molecular flexibility index (Phi) is 6.56. The molecule has 1 aliphatic heterocycles. The first-order valence-corrected chi connectivity index (χ1v) is 11.2. The van der Waals surface area contributed by atoms with Crippen LogP contribution >= 0.6 is 0 Å². The fraction of sp³-hybridized carbons (Fsp3) is 0.423. The van der Waals surface area contributed by atoms with Crippen LogP contribution in [0.15, 0.2) is 54.7 Å². The van der Waals surface area contributed by atoms with Crippen LogP contribution in [-0.4, -0.2) is 52.1 Å². The van der Waals surface area contributed by atoms with Crippen LogP contribution in [-0.2, 0) is 13.1 Å². The van der Waals surface area contributed by atoms with E-state index in [0.29, 0.717) is 13.1 Å². The first-order chi connectivity index (χ1) is 14.9. The number of hydrogen-bond donors (Lipinski definition) is 2. The fourth-order valence-corrected chi connectivity index (χ4v) is 4.15. The minimum absolute atomic E-state index is 0.608. The molecule has 0 spiro atoms. The molecule has 0 amide bonds. The largest absolute Gasteiger partial charge is 0.388 e. The molecule has 0 bridgehead atoms. The molecule has 31 heavy (non-hydrogen) atoms. The molecular formula is C26H34N4O. The quantitative estimate of drug-likeness (QED) is 0.613. The number of hydrogen-bond acceptors (Lipinski definition) is 4. The predicted octanol–water partition coefficient (Wildman–Crippen LogP) is 3.76. The lowest BCUT2D eigenvalue weighted by atomic mass is 9.91. The summed E-state index contributed by atoms with van der Waals surface area (Å²) in [4.78, 5) is 2.28. The van der Waals surface area contributed by atoms with Gasteiger partial charge in [0.15, 0.2) is 0 Å². The molecule has 164 valence electrons. The molecule has 0 radical (unpaired) electrons. The summed E-state index contributed by atoms with van der Waals surface area (Å²) in [7, 11) is 2.11. The summed E-state index contributed by atoms with van der Waals surface area (Å²) < 4.78 is 2.03. The van der Waals surface area contributed by atoms with Crippen molar-refractivity contribution >= 4 is 0 Å². The molecule has 4 rings (SSSR count). The summed E-state index contributed by atoms with van der Waals surface area (Å²) in [5, 5.41) is 19.3. The van der Waals surface area contributed by atoms with Crippen molar-refractivity contribution in [2.75, 3.05) is 26.7 Å². The van der Waals surface area contributed by atoms with Crippen molar-refractivity contribution in [2.45, 2.75) is 45.4 Å². The molecule has 2 heterocycles. The van der Waals surface area contributed by atoms with Gasteiger partial charge in [0, 0.05) is 43.5 Å². The van der Waals surface area contributed by atoms with Crippen molar-refractivity contribution in [2.24, 2.45) is 0 Å². The van der Waals surface area contributed by atoms with Gasteiger partial charge in [-0.1, -0.05) is 59.7 Å². The smallest absolute Gasteiger partial charge is 0.0968 e. The third kappa shape index (κ3) is 5.62. The Morgan fingerprint density at radius 2 is 1.58 bits per heavy atom. The second kappa shape index (κ2) is 9.35. The lowest BCUT2D eigenvalue weighted by Crippen LogP contribution is -2.48. The van der Waals surface area contributed by atoms with Gasteiger partial charge in [0.1, 0.15) is 0 Å². The van der Waals surface area contributed by atoms with E-state index in [1.54, 1.807) is 0 Å². The van der Waals surface area contributed by atoms with Crippen molar-refractivity contribution in [3.8, 4) is 11.3 Å². The van der Waals surface area contributed by atoms with Crippen LogP contribution in [0.5, 0.6) is 0 Å². The van der Waals surface area contributed by atoms with E-state index in [0.717, 1.165) is 49.3 Å². The summed E-state index contributed by atoms with van der Waals surface area (Å²) in [5.41, 5.74) is 6.43. The molecule has 1 saturated heterocycles. The Morgan fingerprint density at radius 1 is 0.968 bits per heavy atom. The van der Waals surface area contributed by atoms with Crippen LogP contribution in [0.1, 0.15) is 35.1 Å². The summed E-state index contributed by atoms with van der Waals surface area (Å²) >= 11 is 0. The Morgan fingerprint density at radius 3 is 2.23 bits per heavy atom. The van der Waals surface area contributed by atoms with Crippen LogP contribution in [0, 0.1) is 13.8 Å². The molecule has 1 fully saturated rings. The maximum atomic E-state index is 10.9. The van der Waals surface area contributed by atoms with Gasteiger partial charge in [-0.2, -0.15) is 5.10 Å². The van der Waals surface area contributed by atoms with Crippen LogP contribution in [0.3, 0.4) is 0 Å². The monoisotopic (exact) mass is 418 g/mol. The van der Waals surface area contributed by atoms with Gasteiger partial charge in [-0.25, -0.2) is 0 Å². The highest BCUT2D eigenvalue weighted by molar-refractivity contribution is 5.63. The average Bonchev–Trinajstić information content (AvgIpc) is 3.15. The van der Waals surface area contributed by atoms with Gasteiger partial charge in [-0.05, 0) is 39.3 Å². The summed E-state index contributed by atoms with van der Waals surface area (Å²) in [6.45, 7) is 8.14. The standard InChI is InChI=1S/C26H34N4O/c1-20-4-8-22(9-5-20)17-30-18-24(25(28-30)23-10-6-21(2)7-11-23)16-27-19-26(31)12-14-29(3)15-13-26/h4-11,18,27,31H,12-17,19H2,1-3H3. The van der Waals surface area contributed by atoms with Gasteiger partial charge in [0.05, 0.1) is 17.8 Å². The number of likely N-dealkylation sites (tertiary alicyclic amines) is 1. The molecule has 2 N–H and O–H groups in total. The first-order valence-electron chi connectivity index (χ1n) is 11.2. The van der Waals surface area contributed by atoms with E-state index in [-0.39, 0.29) is 0 Å². The SMILES string of the molecule is Cc1ccc(Cn2cc(CNCC3(O)CCN(C)CC3)c(-c3ccc(C)cc3)n2)cc1. The zero-order chi connectivity index (χ0) is 21.8. The third-order valence-corrected chi connectivity index (χ3v) is 6.31. The maximum Gasteiger partial charge on any atom is 0.0968 e. The highest BCUT2D eigenvalue weighted by atomic mass is 16.3. The van der Waals surface area contributed by atoms with Crippen LogP contribution < -0.4 is 5.32 Å². The highest BCUT2D eigenvalue weighted by Gasteiger charge is 2.30. The van der Waals surface area contributed by atoms with E-state index in [9.17, 15) is 5.11 Å². The Balaban J connectivity index is 1.50. The number of aliphatic hydroxyl groups is 1. The molecule has 1 aromatic heterocycles. The van der Waals surface area contributed by atoms with Crippen LogP contribution in [0.25, 0.3) is 11.3 Å². The molecule has 0 aliphatic carbocycles. The number of piperidine rings is 1. The van der Waals surface area contributed by atoms with Crippen molar-refractivity contribution in [3.05, 3.63) is 77.0 Å². The summed E-state index contributed by atoms with van der Waals surface area (Å²) in [6, 6.07) is 17.2. The molecule has 0 unspecified atom stereocenters. The summed E-state index contributed by atoms with van der Waals surface area (Å²) in [5.74, 6) is 0. The normalized spacial score (nSPS) is 16.5. The highest BCUT2D eigenvalue weighted by Crippen LogP contribution is 2.24. The zero-order valence-electron chi connectivity index (χ0n) is 18.9. The van der Waals surface area contributed by atoms with Gasteiger partial charge in [-0.3, -0.25) is 4.68 Å². The van der Waals surface area contributed by atoms with Crippen molar-refractivity contribution in [1.29, 1.82) is 0 Å².